The van der Waals surface area contributed by atoms with Gasteiger partial charge in [-0.15, -0.1) is 0 Å². The van der Waals surface area contributed by atoms with Crippen molar-refractivity contribution in [2.45, 2.75) is 44.2 Å². The Bertz CT molecular complexity index is 292. The van der Waals surface area contributed by atoms with Gasteiger partial charge in [-0.2, -0.15) is 0 Å². The highest BCUT2D eigenvalue weighted by Crippen LogP contribution is 2.24. The first-order valence-electron chi connectivity index (χ1n) is 6.33. The summed E-state index contributed by atoms with van der Waals surface area (Å²) >= 11 is 0. The topological polar surface area (TPSA) is 102 Å². The first-order chi connectivity index (χ1) is 8.58. The molecule has 1 rings (SSSR count). The summed E-state index contributed by atoms with van der Waals surface area (Å²) in [5.41, 5.74) is 5.44. The molecule has 6 nitrogen and oxygen atoms in total. The number of carbonyl (C=O) groups excluding carboxylic acids is 1. The van der Waals surface area contributed by atoms with E-state index in [1.165, 1.54) is 7.11 Å². The number of carbonyl (C=O) groups is 2. The first-order valence-corrected chi connectivity index (χ1v) is 6.33. The highest BCUT2D eigenvalue weighted by atomic mass is 16.5. The number of hydrogen-bond donors (Lipinski definition) is 3. The Hall–Kier alpha value is -1.14. The summed E-state index contributed by atoms with van der Waals surface area (Å²) in [4.78, 5) is 22.9. The van der Waals surface area contributed by atoms with Gasteiger partial charge in [0.1, 0.15) is 0 Å². The summed E-state index contributed by atoms with van der Waals surface area (Å²) in [5, 5.41) is 11.9. The SMILES string of the molecule is COC(CN)CC(=O)NC1CCCCC1C(=O)O. The number of hydrogen-bond acceptors (Lipinski definition) is 4. The number of ether oxygens (including phenoxy) is 1. The minimum Gasteiger partial charge on any atom is -0.481 e. The third kappa shape index (κ3) is 4.27. The fourth-order valence-electron chi connectivity index (χ4n) is 2.33. The number of rotatable bonds is 6. The lowest BCUT2D eigenvalue weighted by Crippen LogP contribution is -2.46. The largest absolute Gasteiger partial charge is 0.481 e. The second kappa shape index (κ2) is 7.33. The van der Waals surface area contributed by atoms with Crippen molar-refractivity contribution in [1.29, 1.82) is 0 Å². The lowest BCUT2D eigenvalue weighted by Gasteiger charge is -2.29. The average Bonchev–Trinajstić information content (AvgIpc) is 2.36. The van der Waals surface area contributed by atoms with E-state index >= 15 is 0 Å². The highest BCUT2D eigenvalue weighted by Gasteiger charge is 2.31. The third-order valence-corrected chi connectivity index (χ3v) is 3.44. The molecule has 6 heteroatoms. The third-order valence-electron chi connectivity index (χ3n) is 3.44. The van der Waals surface area contributed by atoms with E-state index in [9.17, 15) is 9.59 Å². The van der Waals surface area contributed by atoms with Gasteiger partial charge in [0.15, 0.2) is 0 Å². The number of methoxy groups -OCH3 is 1. The number of amides is 1. The molecule has 4 N–H and O–H groups in total. The second-order valence-corrected chi connectivity index (χ2v) is 4.70. The van der Waals surface area contributed by atoms with Crippen molar-refractivity contribution < 1.29 is 19.4 Å². The van der Waals surface area contributed by atoms with Crippen molar-refractivity contribution in [1.82, 2.24) is 5.32 Å². The second-order valence-electron chi connectivity index (χ2n) is 4.70. The van der Waals surface area contributed by atoms with E-state index in [-0.39, 0.29) is 31.0 Å². The summed E-state index contributed by atoms with van der Waals surface area (Å²) in [7, 11) is 1.51. The highest BCUT2D eigenvalue weighted by molar-refractivity contribution is 5.78. The molecule has 3 unspecified atom stereocenters. The zero-order valence-corrected chi connectivity index (χ0v) is 10.7. The maximum absolute atomic E-state index is 11.8. The van der Waals surface area contributed by atoms with Crippen LogP contribution >= 0.6 is 0 Å². The Morgan fingerprint density at radius 3 is 2.67 bits per heavy atom. The zero-order valence-electron chi connectivity index (χ0n) is 10.7. The predicted octanol–water partition coefficient (Wildman–Crippen LogP) is 0.110. The quantitative estimate of drug-likeness (QED) is 0.627. The van der Waals surface area contributed by atoms with E-state index < -0.39 is 11.9 Å². The molecule has 0 aromatic rings. The van der Waals surface area contributed by atoms with Crippen molar-refractivity contribution in [3.05, 3.63) is 0 Å². The molecule has 1 aliphatic rings. The first kappa shape index (κ1) is 14.9. The molecule has 18 heavy (non-hydrogen) atoms. The van der Waals surface area contributed by atoms with Gasteiger partial charge < -0.3 is 20.9 Å². The molecule has 0 radical (unpaired) electrons. The molecule has 0 aliphatic heterocycles. The fraction of sp³-hybridized carbons (Fsp3) is 0.833. The van der Waals surface area contributed by atoms with Crippen molar-refractivity contribution >= 4 is 11.9 Å². The molecule has 0 bridgehead atoms. The van der Waals surface area contributed by atoms with Crippen LogP contribution in [0.25, 0.3) is 0 Å². The predicted molar refractivity (Wildman–Crippen MR) is 66.0 cm³/mol. The molecular formula is C12H22N2O4. The number of carboxylic acid groups (broad SMARTS) is 1. The van der Waals surface area contributed by atoms with Crippen molar-refractivity contribution in [2.24, 2.45) is 11.7 Å². The summed E-state index contributed by atoms with van der Waals surface area (Å²) in [6, 6.07) is -0.265. The lowest BCUT2D eigenvalue weighted by molar-refractivity contribution is -0.144. The summed E-state index contributed by atoms with van der Waals surface area (Å²) in [6.45, 7) is 0.275. The minimum atomic E-state index is -0.831. The maximum Gasteiger partial charge on any atom is 0.308 e. The molecule has 104 valence electrons. The van der Waals surface area contributed by atoms with Crippen LogP contribution in [0.15, 0.2) is 0 Å². The summed E-state index contributed by atoms with van der Waals surface area (Å²) in [6.07, 6.45) is 3.09. The molecule has 0 saturated heterocycles. The van der Waals surface area contributed by atoms with Crippen LogP contribution in [-0.2, 0) is 14.3 Å². The Morgan fingerprint density at radius 1 is 1.44 bits per heavy atom. The van der Waals surface area contributed by atoms with Gasteiger partial charge in [-0.05, 0) is 12.8 Å². The summed E-state index contributed by atoms with van der Waals surface area (Å²) < 4.78 is 5.03. The molecule has 3 atom stereocenters. The van der Waals surface area contributed by atoms with E-state index in [0.29, 0.717) is 6.42 Å². The van der Waals surface area contributed by atoms with E-state index in [0.717, 1.165) is 19.3 Å². The van der Waals surface area contributed by atoms with Crippen LogP contribution in [0.3, 0.4) is 0 Å². The normalized spacial score (nSPS) is 25.4. The Labute approximate surface area is 107 Å². The molecule has 1 fully saturated rings. The molecule has 1 aliphatic carbocycles. The Morgan fingerprint density at radius 2 is 2.11 bits per heavy atom. The number of aliphatic carboxylic acids is 1. The Kier molecular flexibility index (Phi) is 6.07. The van der Waals surface area contributed by atoms with Crippen LogP contribution in [0.5, 0.6) is 0 Å². The van der Waals surface area contributed by atoms with Crippen LogP contribution in [0, 0.1) is 5.92 Å². The van der Waals surface area contributed by atoms with Gasteiger partial charge in [0.25, 0.3) is 0 Å². The molecule has 0 aromatic heterocycles. The van der Waals surface area contributed by atoms with Crippen LogP contribution in [0.1, 0.15) is 32.1 Å². The van der Waals surface area contributed by atoms with Crippen molar-refractivity contribution in [2.75, 3.05) is 13.7 Å². The molecule has 0 aromatic carbocycles. The van der Waals surface area contributed by atoms with Crippen LogP contribution in [-0.4, -0.2) is 42.8 Å². The van der Waals surface area contributed by atoms with Crippen molar-refractivity contribution in [3.8, 4) is 0 Å². The average molecular weight is 258 g/mol. The van der Waals surface area contributed by atoms with Gasteiger partial charge in [-0.3, -0.25) is 9.59 Å². The van der Waals surface area contributed by atoms with Crippen LogP contribution in [0.2, 0.25) is 0 Å². The molecule has 1 amide bonds. The standard InChI is InChI=1S/C12H22N2O4/c1-18-8(7-13)6-11(15)14-10-5-3-2-4-9(10)12(16)17/h8-10H,2-7,13H2,1H3,(H,14,15)(H,16,17). The minimum absolute atomic E-state index is 0.176. The molecule has 1 saturated carbocycles. The maximum atomic E-state index is 11.8. The summed E-state index contributed by atoms with van der Waals surface area (Å²) in [5.74, 6) is -1.49. The molecule has 0 spiro atoms. The zero-order chi connectivity index (χ0) is 13.5. The number of nitrogens with two attached hydrogens (primary N) is 1. The van der Waals surface area contributed by atoms with Crippen LogP contribution in [0.4, 0.5) is 0 Å². The lowest BCUT2D eigenvalue weighted by atomic mass is 9.84. The van der Waals surface area contributed by atoms with Gasteiger partial charge in [0.05, 0.1) is 18.4 Å². The van der Waals surface area contributed by atoms with Gasteiger partial charge in [-0.25, -0.2) is 0 Å². The van der Waals surface area contributed by atoms with Gasteiger partial charge in [0.2, 0.25) is 5.91 Å². The monoisotopic (exact) mass is 258 g/mol. The number of nitrogens with one attached hydrogen (secondary N) is 1. The smallest absolute Gasteiger partial charge is 0.308 e. The van der Waals surface area contributed by atoms with E-state index in [1.807, 2.05) is 0 Å². The van der Waals surface area contributed by atoms with Crippen molar-refractivity contribution in [3.63, 3.8) is 0 Å². The number of carboxylic acids is 1. The van der Waals surface area contributed by atoms with Gasteiger partial charge in [0, 0.05) is 19.7 Å². The van der Waals surface area contributed by atoms with E-state index in [2.05, 4.69) is 5.32 Å². The molecule has 0 heterocycles. The van der Waals surface area contributed by atoms with Crippen LogP contribution < -0.4 is 11.1 Å². The van der Waals surface area contributed by atoms with Gasteiger partial charge in [-0.1, -0.05) is 12.8 Å². The Balaban J connectivity index is 2.48. The fourth-order valence-corrected chi connectivity index (χ4v) is 2.33. The van der Waals surface area contributed by atoms with E-state index in [1.54, 1.807) is 0 Å². The van der Waals surface area contributed by atoms with Gasteiger partial charge >= 0.3 is 5.97 Å². The van der Waals surface area contributed by atoms with E-state index in [4.69, 9.17) is 15.6 Å². The molecular weight excluding hydrogens is 236 g/mol.